The summed E-state index contributed by atoms with van der Waals surface area (Å²) in [7, 11) is 1.52. The molecule has 0 spiro atoms. The summed E-state index contributed by atoms with van der Waals surface area (Å²) in [5.74, 6) is 0.120. The summed E-state index contributed by atoms with van der Waals surface area (Å²) >= 11 is 0. The third kappa shape index (κ3) is 2.76. The van der Waals surface area contributed by atoms with E-state index in [1.807, 2.05) is 0 Å². The van der Waals surface area contributed by atoms with Gasteiger partial charge in [-0.3, -0.25) is 4.79 Å². The van der Waals surface area contributed by atoms with Crippen molar-refractivity contribution in [2.75, 3.05) is 7.11 Å². The van der Waals surface area contributed by atoms with Gasteiger partial charge in [-0.1, -0.05) is 0 Å². The number of rotatable bonds is 3. The number of benzene rings is 1. The van der Waals surface area contributed by atoms with Crippen LogP contribution in [0.3, 0.4) is 0 Å². The van der Waals surface area contributed by atoms with Crippen molar-refractivity contribution in [2.45, 2.75) is 6.61 Å². The normalized spacial score (nSPS) is 10.5. The van der Waals surface area contributed by atoms with Crippen molar-refractivity contribution in [3.05, 3.63) is 52.3 Å². The van der Waals surface area contributed by atoms with Crippen molar-refractivity contribution in [2.24, 2.45) is 0 Å². The largest absolute Gasteiger partial charge is 0.377 e. The van der Waals surface area contributed by atoms with Crippen molar-refractivity contribution < 1.29 is 9.13 Å². The Morgan fingerprint density at radius 2 is 2.06 bits per heavy atom. The van der Waals surface area contributed by atoms with Crippen molar-refractivity contribution in [3.8, 4) is 11.3 Å². The van der Waals surface area contributed by atoms with E-state index in [9.17, 15) is 9.18 Å². The smallest absolute Gasteiger partial charge is 0.251 e. The molecule has 0 atom stereocenters. The highest BCUT2D eigenvalue weighted by Gasteiger charge is 2.04. The molecule has 1 heterocycles. The average Bonchev–Trinajstić information content (AvgIpc) is 2.29. The molecule has 88 valence electrons. The number of aromatic nitrogens is 2. The van der Waals surface area contributed by atoms with E-state index >= 15 is 0 Å². The van der Waals surface area contributed by atoms with Crippen LogP contribution in [0.1, 0.15) is 5.82 Å². The minimum Gasteiger partial charge on any atom is -0.377 e. The Kier molecular flexibility index (Phi) is 3.30. The van der Waals surface area contributed by atoms with Crippen LogP contribution in [0.25, 0.3) is 11.3 Å². The van der Waals surface area contributed by atoms with Gasteiger partial charge in [0.25, 0.3) is 5.56 Å². The van der Waals surface area contributed by atoms with Gasteiger partial charge in [0.15, 0.2) is 0 Å². The molecule has 0 radical (unpaired) electrons. The fourth-order valence-corrected chi connectivity index (χ4v) is 1.48. The molecule has 0 fully saturated rings. The molecular weight excluding hydrogens is 223 g/mol. The molecule has 0 aliphatic rings. The van der Waals surface area contributed by atoms with Crippen LogP contribution >= 0.6 is 0 Å². The predicted octanol–water partition coefficient (Wildman–Crippen LogP) is 1.72. The molecular formula is C12H11FN2O2. The second kappa shape index (κ2) is 4.88. The maximum Gasteiger partial charge on any atom is 0.251 e. The van der Waals surface area contributed by atoms with Gasteiger partial charge in [0, 0.05) is 18.7 Å². The molecule has 2 rings (SSSR count). The number of methoxy groups -OCH3 is 1. The first-order valence-electron chi connectivity index (χ1n) is 5.04. The molecule has 1 aromatic heterocycles. The lowest BCUT2D eigenvalue weighted by atomic mass is 10.1. The summed E-state index contributed by atoms with van der Waals surface area (Å²) in [6.45, 7) is 0.226. The highest BCUT2D eigenvalue weighted by Crippen LogP contribution is 2.15. The molecule has 0 bridgehead atoms. The SMILES string of the molecule is COCc1nc(-c2ccc(F)cc2)cc(=O)[nH]1. The Hall–Kier alpha value is -2.01. The lowest BCUT2D eigenvalue weighted by Crippen LogP contribution is -2.11. The summed E-state index contributed by atoms with van der Waals surface area (Å²) in [6, 6.07) is 7.18. The van der Waals surface area contributed by atoms with Crippen LogP contribution in [0.15, 0.2) is 35.1 Å². The summed E-state index contributed by atoms with van der Waals surface area (Å²) < 4.78 is 17.7. The molecule has 1 N–H and O–H groups in total. The Morgan fingerprint density at radius 1 is 1.35 bits per heavy atom. The van der Waals surface area contributed by atoms with Gasteiger partial charge in [0.1, 0.15) is 18.2 Å². The second-order valence-corrected chi connectivity index (χ2v) is 3.52. The monoisotopic (exact) mass is 234 g/mol. The van der Waals surface area contributed by atoms with Gasteiger partial charge >= 0.3 is 0 Å². The van der Waals surface area contributed by atoms with Crippen LogP contribution in [0.4, 0.5) is 4.39 Å². The Labute approximate surface area is 97.1 Å². The van der Waals surface area contributed by atoms with E-state index in [1.165, 1.54) is 25.3 Å². The van der Waals surface area contributed by atoms with Gasteiger partial charge in [0.05, 0.1) is 5.69 Å². The van der Waals surface area contributed by atoms with Crippen LogP contribution in [-0.2, 0) is 11.3 Å². The third-order valence-electron chi connectivity index (χ3n) is 2.21. The summed E-state index contributed by atoms with van der Waals surface area (Å²) in [5, 5.41) is 0. The number of halogens is 1. The zero-order valence-electron chi connectivity index (χ0n) is 9.24. The van der Waals surface area contributed by atoms with Crippen molar-refractivity contribution in [3.63, 3.8) is 0 Å². The fourth-order valence-electron chi connectivity index (χ4n) is 1.48. The molecule has 0 saturated carbocycles. The lowest BCUT2D eigenvalue weighted by molar-refractivity contribution is 0.177. The zero-order valence-corrected chi connectivity index (χ0v) is 9.24. The number of hydrogen-bond acceptors (Lipinski definition) is 3. The number of H-pyrrole nitrogens is 1. The highest BCUT2D eigenvalue weighted by atomic mass is 19.1. The first kappa shape index (κ1) is 11.5. The van der Waals surface area contributed by atoms with Crippen LogP contribution < -0.4 is 5.56 Å². The van der Waals surface area contributed by atoms with E-state index < -0.39 is 0 Å². The molecule has 0 saturated heterocycles. The quantitative estimate of drug-likeness (QED) is 0.879. The van der Waals surface area contributed by atoms with E-state index in [0.717, 1.165) is 0 Å². The van der Waals surface area contributed by atoms with Crippen molar-refractivity contribution in [1.29, 1.82) is 0 Å². The summed E-state index contributed by atoms with van der Waals surface area (Å²) in [6.07, 6.45) is 0. The molecule has 17 heavy (non-hydrogen) atoms. The zero-order chi connectivity index (χ0) is 12.3. The molecule has 4 nitrogen and oxygen atoms in total. The summed E-state index contributed by atoms with van der Waals surface area (Å²) in [4.78, 5) is 18.2. The summed E-state index contributed by atoms with van der Waals surface area (Å²) in [5.41, 5.74) is 0.932. The van der Waals surface area contributed by atoms with Gasteiger partial charge in [-0.25, -0.2) is 9.37 Å². The van der Waals surface area contributed by atoms with Crippen LogP contribution in [0.2, 0.25) is 0 Å². The minimum atomic E-state index is -0.323. The Morgan fingerprint density at radius 3 is 2.71 bits per heavy atom. The van der Waals surface area contributed by atoms with Gasteiger partial charge in [-0.2, -0.15) is 0 Å². The van der Waals surface area contributed by atoms with Crippen LogP contribution in [0, 0.1) is 5.82 Å². The van der Waals surface area contributed by atoms with Gasteiger partial charge < -0.3 is 9.72 Å². The van der Waals surface area contributed by atoms with Crippen molar-refractivity contribution >= 4 is 0 Å². The molecule has 0 aliphatic heterocycles. The molecule has 5 heteroatoms. The van der Waals surface area contributed by atoms with Crippen molar-refractivity contribution in [1.82, 2.24) is 9.97 Å². The van der Waals surface area contributed by atoms with Crippen LogP contribution in [0.5, 0.6) is 0 Å². The standard InChI is InChI=1S/C12H11FN2O2/c1-17-7-11-14-10(6-12(16)15-11)8-2-4-9(13)5-3-8/h2-6H,7H2,1H3,(H,14,15,16). The number of hydrogen-bond donors (Lipinski definition) is 1. The van der Waals surface area contributed by atoms with E-state index in [-0.39, 0.29) is 18.0 Å². The molecule has 0 aliphatic carbocycles. The maximum absolute atomic E-state index is 12.8. The first-order valence-corrected chi connectivity index (χ1v) is 5.04. The van der Waals surface area contributed by atoms with Gasteiger partial charge in [-0.05, 0) is 24.3 Å². The van der Waals surface area contributed by atoms with Crippen LogP contribution in [-0.4, -0.2) is 17.1 Å². The molecule has 1 aromatic carbocycles. The van der Waals surface area contributed by atoms with E-state index in [1.54, 1.807) is 12.1 Å². The first-order chi connectivity index (χ1) is 8.19. The molecule has 2 aromatic rings. The number of ether oxygens (including phenoxy) is 1. The van der Waals surface area contributed by atoms with Gasteiger partial charge in [-0.15, -0.1) is 0 Å². The highest BCUT2D eigenvalue weighted by molar-refractivity contribution is 5.58. The van der Waals surface area contributed by atoms with Gasteiger partial charge in [0.2, 0.25) is 0 Å². The van der Waals surface area contributed by atoms with E-state index in [0.29, 0.717) is 17.1 Å². The number of aromatic amines is 1. The number of nitrogens with zero attached hydrogens (tertiary/aromatic N) is 1. The Balaban J connectivity index is 2.44. The topological polar surface area (TPSA) is 55.0 Å². The third-order valence-corrected chi connectivity index (χ3v) is 2.21. The second-order valence-electron chi connectivity index (χ2n) is 3.52. The number of nitrogens with one attached hydrogen (secondary N) is 1. The maximum atomic E-state index is 12.8. The van der Waals surface area contributed by atoms with E-state index in [2.05, 4.69) is 9.97 Å². The fraction of sp³-hybridized carbons (Fsp3) is 0.167. The average molecular weight is 234 g/mol. The molecule has 0 unspecified atom stereocenters. The lowest BCUT2D eigenvalue weighted by Gasteiger charge is -2.03. The molecule has 0 amide bonds. The Bertz CT molecular complexity index is 563. The predicted molar refractivity (Wildman–Crippen MR) is 61.0 cm³/mol. The minimum absolute atomic E-state index is 0.226. The van der Waals surface area contributed by atoms with E-state index in [4.69, 9.17) is 4.74 Å².